The molecule has 0 spiro atoms. The fraction of sp³-hybridized carbons (Fsp3) is 0.0667. The Balaban J connectivity index is 2.03. The van der Waals surface area contributed by atoms with Crippen molar-refractivity contribution in [3.8, 4) is 0 Å². The lowest BCUT2D eigenvalue weighted by atomic mass is 9.98. The molecule has 1 aromatic rings. The molecule has 0 aliphatic carbocycles. The summed E-state index contributed by atoms with van der Waals surface area (Å²) >= 11 is 1.87. The Hall–Kier alpha value is -1.67. The van der Waals surface area contributed by atoms with E-state index in [9.17, 15) is 0 Å². The summed E-state index contributed by atoms with van der Waals surface area (Å²) in [6.45, 7) is 0.982. The maximum absolute atomic E-state index is 2.33. The van der Waals surface area contributed by atoms with Crippen molar-refractivity contribution in [2.75, 3.05) is 6.54 Å². The topological polar surface area (TPSA) is 3.24 Å². The van der Waals surface area contributed by atoms with Crippen LogP contribution in [0, 0.1) is 0 Å². The second-order valence-electron chi connectivity index (χ2n) is 4.29. The molecular formula is C15H11NS. The third-order valence-electron chi connectivity index (χ3n) is 3.27. The zero-order valence-corrected chi connectivity index (χ0v) is 10.1. The van der Waals surface area contributed by atoms with Gasteiger partial charge < -0.3 is 4.90 Å². The molecule has 0 N–H and O–H groups in total. The summed E-state index contributed by atoms with van der Waals surface area (Å²) in [6, 6.07) is 8.65. The van der Waals surface area contributed by atoms with E-state index in [4.69, 9.17) is 0 Å². The maximum atomic E-state index is 2.33. The van der Waals surface area contributed by atoms with Gasteiger partial charge in [-0.25, -0.2) is 0 Å². The summed E-state index contributed by atoms with van der Waals surface area (Å²) < 4.78 is 0. The van der Waals surface area contributed by atoms with Crippen molar-refractivity contribution in [2.24, 2.45) is 0 Å². The smallest absolute Gasteiger partial charge is 0.0630 e. The van der Waals surface area contributed by atoms with E-state index in [2.05, 4.69) is 59.7 Å². The Labute approximate surface area is 105 Å². The van der Waals surface area contributed by atoms with Gasteiger partial charge in [0.15, 0.2) is 0 Å². The average molecular weight is 237 g/mol. The normalized spacial score (nSPS) is 20.0. The number of thioether (sulfide) groups is 1. The van der Waals surface area contributed by atoms with Crippen LogP contribution in [0.4, 0.5) is 0 Å². The first-order chi connectivity index (χ1) is 8.43. The molecule has 0 fully saturated rings. The minimum Gasteiger partial charge on any atom is -0.343 e. The summed E-state index contributed by atoms with van der Waals surface area (Å²) in [5, 5.41) is 0. The van der Waals surface area contributed by atoms with E-state index in [1.165, 1.54) is 26.6 Å². The molecule has 0 unspecified atom stereocenters. The van der Waals surface area contributed by atoms with Gasteiger partial charge in [-0.1, -0.05) is 42.1 Å². The van der Waals surface area contributed by atoms with Gasteiger partial charge in [-0.3, -0.25) is 0 Å². The molecule has 1 aromatic carbocycles. The molecular weight excluding hydrogens is 226 g/mol. The number of allylic oxidation sites excluding steroid dienone is 4. The zero-order valence-electron chi connectivity index (χ0n) is 9.26. The van der Waals surface area contributed by atoms with Crippen molar-refractivity contribution < 1.29 is 0 Å². The lowest BCUT2D eigenvalue weighted by Crippen LogP contribution is -2.24. The molecule has 3 aliphatic heterocycles. The second kappa shape index (κ2) is 3.41. The highest BCUT2D eigenvalue weighted by molar-refractivity contribution is 8.03. The quantitative estimate of drug-likeness (QED) is 0.675. The van der Waals surface area contributed by atoms with Gasteiger partial charge >= 0.3 is 0 Å². The van der Waals surface area contributed by atoms with Crippen molar-refractivity contribution >= 4 is 17.3 Å². The minimum absolute atomic E-state index is 0.982. The van der Waals surface area contributed by atoms with Gasteiger partial charge in [-0.15, -0.1) is 0 Å². The molecule has 0 saturated carbocycles. The standard InChI is InChI=1S/C15H11NS/c1-2-7-13-11(5-1)12-6-3-9-16-10-4-8-14(17-13)15(12)16/h1-8,10H,9H2. The van der Waals surface area contributed by atoms with Crippen LogP contribution in [0.2, 0.25) is 0 Å². The maximum Gasteiger partial charge on any atom is 0.0630 e. The van der Waals surface area contributed by atoms with E-state index in [1.54, 1.807) is 0 Å². The molecule has 2 heteroatoms. The van der Waals surface area contributed by atoms with Gasteiger partial charge in [0.2, 0.25) is 0 Å². The van der Waals surface area contributed by atoms with E-state index in [-0.39, 0.29) is 0 Å². The number of benzene rings is 1. The second-order valence-corrected chi connectivity index (χ2v) is 5.37. The van der Waals surface area contributed by atoms with Crippen LogP contribution in [0.5, 0.6) is 0 Å². The molecule has 3 aliphatic rings. The molecule has 0 amide bonds. The summed E-state index contributed by atoms with van der Waals surface area (Å²) in [5.74, 6) is 0. The molecule has 4 rings (SSSR count). The Morgan fingerprint density at radius 2 is 2.12 bits per heavy atom. The monoisotopic (exact) mass is 237 g/mol. The number of hydrogen-bond donors (Lipinski definition) is 0. The van der Waals surface area contributed by atoms with E-state index in [0.717, 1.165) is 6.54 Å². The van der Waals surface area contributed by atoms with Crippen LogP contribution in [0.25, 0.3) is 5.57 Å². The van der Waals surface area contributed by atoms with Crippen LogP contribution < -0.4 is 0 Å². The Morgan fingerprint density at radius 1 is 1.18 bits per heavy atom. The van der Waals surface area contributed by atoms with Crippen molar-refractivity contribution in [1.82, 2.24) is 4.90 Å². The van der Waals surface area contributed by atoms with Gasteiger partial charge in [0.25, 0.3) is 0 Å². The molecule has 0 atom stereocenters. The fourth-order valence-electron chi connectivity index (χ4n) is 2.53. The molecule has 0 bridgehead atoms. The minimum atomic E-state index is 0.982. The number of hydrogen-bond acceptors (Lipinski definition) is 2. The van der Waals surface area contributed by atoms with Crippen molar-refractivity contribution in [3.05, 3.63) is 70.9 Å². The third-order valence-corrected chi connectivity index (χ3v) is 4.40. The molecule has 82 valence electrons. The van der Waals surface area contributed by atoms with Gasteiger partial charge in [0.1, 0.15) is 0 Å². The highest BCUT2D eigenvalue weighted by Crippen LogP contribution is 2.48. The van der Waals surface area contributed by atoms with Crippen molar-refractivity contribution in [3.63, 3.8) is 0 Å². The first-order valence-corrected chi connectivity index (χ1v) is 6.59. The van der Waals surface area contributed by atoms with E-state index < -0.39 is 0 Å². The van der Waals surface area contributed by atoms with Gasteiger partial charge in [0, 0.05) is 28.1 Å². The average Bonchev–Trinajstić information content (AvgIpc) is 2.39. The fourth-order valence-corrected chi connectivity index (χ4v) is 3.67. The Bertz CT molecular complexity index is 620. The zero-order chi connectivity index (χ0) is 11.2. The van der Waals surface area contributed by atoms with Crippen molar-refractivity contribution in [2.45, 2.75) is 4.90 Å². The highest BCUT2D eigenvalue weighted by atomic mass is 32.2. The number of rotatable bonds is 0. The largest absolute Gasteiger partial charge is 0.343 e. The molecule has 1 nitrogen and oxygen atoms in total. The van der Waals surface area contributed by atoms with E-state index in [0.29, 0.717) is 0 Å². The van der Waals surface area contributed by atoms with Crippen LogP contribution in [-0.4, -0.2) is 11.4 Å². The van der Waals surface area contributed by atoms with Crippen LogP contribution in [-0.2, 0) is 0 Å². The summed E-state index contributed by atoms with van der Waals surface area (Å²) in [5.41, 5.74) is 4.10. The third kappa shape index (κ3) is 1.28. The predicted octanol–water partition coefficient (Wildman–Crippen LogP) is 3.79. The van der Waals surface area contributed by atoms with E-state index >= 15 is 0 Å². The molecule has 0 saturated heterocycles. The van der Waals surface area contributed by atoms with Crippen LogP contribution in [0.3, 0.4) is 0 Å². The molecule has 17 heavy (non-hydrogen) atoms. The highest BCUT2D eigenvalue weighted by Gasteiger charge is 2.27. The van der Waals surface area contributed by atoms with Gasteiger partial charge in [0.05, 0.1) is 5.70 Å². The van der Waals surface area contributed by atoms with E-state index in [1.807, 2.05) is 11.8 Å². The summed E-state index contributed by atoms with van der Waals surface area (Å²) in [7, 11) is 0. The lowest BCUT2D eigenvalue weighted by Gasteiger charge is -2.35. The van der Waals surface area contributed by atoms with Crippen LogP contribution in [0.1, 0.15) is 5.56 Å². The van der Waals surface area contributed by atoms with Crippen LogP contribution >= 0.6 is 11.8 Å². The summed E-state index contributed by atoms with van der Waals surface area (Å²) in [4.78, 5) is 5.05. The Kier molecular flexibility index (Phi) is 1.88. The van der Waals surface area contributed by atoms with Gasteiger partial charge in [-0.05, 0) is 23.8 Å². The first-order valence-electron chi connectivity index (χ1n) is 5.77. The number of nitrogens with zero attached hydrogens (tertiary/aromatic N) is 1. The number of fused-ring (bicyclic) bond motifs is 2. The Morgan fingerprint density at radius 3 is 3.12 bits per heavy atom. The summed E-state index contributed by atoms with van der Waals surface area (Å²) in [6.07, 6.45) is 11.0. The van der Waals surface area contributed by atoms with Crippen molar-refractivity contribution in [1.29, 1.82) is 0 Å². The molecule has 0 aromatic heterocycles. The first kappa shape index (κ1) is 9.37. The van der Waals surface area contributed by atoms with Crippen LogP contribution in [0.15, 0.2) is 70.3 Å². The predicted molar refractivity (Wildman–Crippen MR) is 72.3 cm³/mol. The van der Waals surface area contributed by atoms with Gasteiger partial charge in [-0.2, -0.15) is 0 Å². The molecule has 0 radical (unpaired) electrons. The SMILES string of the molecule is C1=CN2CC=CC3=C2C(=C1)Sc1ccccc13. The molecule has 3 heterocycles. The lowest BCUT2D eigenvalue weighted by molar-refractivity contribution is 0.524.